The van der Waals surface area contributed by atoms with Crippen LogP contribution in [0, 0.1) is 5.92 Å². The van der Waals surface area contributed by atoms with Crippen LogP contribution < -0.4 is 10.2 Å². The first-order chi connectivity index (χ1) is 4.52. The maximum atomic E-state index is 9.87. The summed E-state index contributed by atoms with van der Waals surface area (Å²) in [6.07, 6.45) is -0.456. The Kier molecular flexibility index (Phi) is 14.5. The molecule has 0 bridgehead atoms. The number of rotatable bonds is 4. The van der Waals surface area contributed by atoms with Crippen LogP contribution in [-0.2, 0) is 54.3 Å². The predicted molar refractivity (Wildman–Crippen MR) is 28.4 cm³/mol. The largest absolute Gasteiger partial charge is 1.00 e. The predicted octanol–water partition coefficient (Wildman–Crippen LogP) is -2.10. The SMILES string of the molecule is CC(CC(=O)[O-])CC(=O)[O-].[Ag+].[Ag+]. The molecule has 0 aliphatic carbocycles. The number of carbonyl (C=O) groups excluding carboxylic acids is 2. The standard InChI is InChI=1S/C6H10O4.2Ag/c1-4(2-5(7)8)3-6(9)10;;/h4H,2-3H2,1H3,(H,7,8)(H,9,10);;/q;2*+1/p-2. The number of aliphatic carboxylic acids is 2. The summed E-state index contributed by atoms with van der Waals surface area (Å²) < 4.78 is 0. The summed E-state index contributed by atoms with van der Waals surface area (Å²) in [5.74, 6) is -2.86. The van der Waals surface area contributed by atoms with Crippen molar-refractivity contribution in [3.05, 3.63) is 0 Å². The van der Waals surface area contributed by atoms with E-state index >= 15 is 0 Å². The molecule has 0 N–H and O–H groups in total. The van der Waals surface area contributed by atoms with Gasteiger partial charge < -0.3 is 19.8 Å². The van der Waals surface area contributed by atoms with E-state index in [-0.39, 0.29) is 57.6 Å². The van der Waals surface area contributed by atoms with Crippen LogP contribution in [0.15, 0.2) is 0 Å². The van der Waals surface area contributed by atoms with E-state index in [0.29, 0.717) is 0 Å². The van der Waals surface area contributed by atoms with Crippen molar-refractivity contribution in [2.45, 2.75) is 19.8 Å². The van der Waals surface area contributed by atoms with Crippen molar-refractivity contribution >= 4 is 11.9 Å². The Labute approximate surface area is 102 Å². The van der Waals surface area contributed by atoms with Crippen LogP contribution in [0.5, 0.6) is 0 Å². The zero-order chi connectivity index (χ0) is 8.15. The minimum Gasteiger partial charge on any atom is -0.550 e. The third-order valence-electron chi connectivity index (χ3n) is 1.03. The molecule has 0 aromatic rings. The van der Waals surface area contributed by atoms with E-state index in [2.05, 4.69) is 0 Å². The summed E-state index contributed by atoms with van der Waals surface area (Å²) in [6, 6.07) is 0. The fourth-order valence-electron chi connectivity index (χ4n) is 0.641. The van der Waals surface area contributed by atoms with Gasteiger partial charge in [-0.3, -0.25) is 0 Å². The van der Waals surface area contributed by atoms with Crippen LogP contribution in [0.25, 0.3) is 0 Å². The Morgan fingerprint density at radius 1 is 1.08 bits per heavy atom. The van der Waals surface area contributed by atoms with Gasteiger partial charge in [-0.1, -0.05) is 6.92 Å². The quantitative estimate of drug-likeness (QED) is 0.538. The van der Waals surface area contributed by atoms with Gasteiger partial charge in [0.2, 0.25) is 0 Å². The van der Waals surface area contributed by atoms with Gasteiger partial charge in [0.25, 0.3) is 0 Å². The van der Waals surface area contributed by atoms with Crippen LogP contribution in [-0.4, -0.2) is 11.9 Å². The smallest absolute Gasteiger partial charge is 0.550 e. The summed E-state index contributed by atoms with van der Waals surface area (Å²) in [5.41, 5.74) is 0. The van der Waals surface area contributed by atoms with Crippen molar-refractivity contribution in [1.82, 2.24) is 0 Å². The zero-order valence-electron chi connectivity index (χ0n) is 6.23. The average Bonchev–Trinajstić information content (AvgIpc) is 1.58. The molecular weight excluding hydrogens is 352 g/mol. The van der Waals surface area contributed by atoms with Crippen LogP contribution in [0.3, 0.4) is 0 Å². The maximum absolute atomic E-state index is 9.87. The molecule has 0 aromatic carbocycles. The molecule has 6 heteroatoms. The van der Waals surface area contributed by atoms with Crippen molar-refractivity contribution in [2.75, 3.05) is 0 Å². The second-order valence-corrected chi connectivity index (χ2v) is 2.26. The molecule has 0 aromatic heterocycles. The third kappa shape index (κ3) is 13.0. The van der Waals surface area contributed by atoms with Crippen LogP contribution >= 0.6 is 0 Å². The van der Waals surface area contributed by atoms with Gasteiger partial charge in [-0.15, -0.1) is 0 Å². The van der Waals surface area contributed by atoms with Crippen LogP contribution in [0.1, 0.15) is 19.8 Å². The van der Waals surface area contributed by atoms with Gasteiger partial charge >= 0.3 is 44.8 Å². The molecular formula is C6H8Ag2O4. The molecule has 0 unspecified atom stereocenters. The Hall–Kier alpha value is 0.421. The molecule has 0 saturated heterocycles. The van der Waals surface area contributed by atoms with Gasteiger partial charge in [-0.25, -0.2) is 0 Å². The number of carbonyl (C=O) groups is 2. The summed E-state index contributed by atoms with van der Waals surface area (Å²) >= 11 is 0. The first-order valence-corrected chi connectivity index (χ1v) is 2.92. The van der Waals surface area contributed by atoms with Crippen molar-refractivity contribution in [2.24, 2.45) is 5.92 Å². The van der Waals surface area contributed by atoms with Crippen molar-refractivity contribution in [3.63, 3.8) is 0 Å². The summed E-state index contributed by atoms with van der Waals surface area (Å²) in [7, 11) is 0. The van der Waals surface area contributed by atoms with E-state index < -0.39 is 17.9 Å². The van der Waals surface area contributed by atoms with Gasteiger partial charge in [0.05, 0.1) is 0 Å². The maximum Gasteiger partial charge on any atom is 1.00 e. The molecule has 0 fully saturated rings. The van der Waals surface area contributed by atoms with Gasteiger partial charge in [-0.05, 0) is 18.8 Å². The summed E-state index contributed by atoms with van der Waals surface area (Å²) in [5, 5.41) is 19.7. The number of carboxylic acids is 2. The number of carboxylic acid groups (broad SMARTS) is 2. The van der Waals surface area contributed by atoms with Gasteiger partial charge in [-0.2, -0.15) is 0 Å². The Balaban J connectivity index is -0.000000405. The first-order valence-electron chi connectivity index (χ1n) is 2.92. The molecule has 78 valence electrons. The van der Waals surface area contributed by atoms with Crippen LogP contribution in [0.2, 0.25) is 0 Å². The molecule has 4 nitrogen and oxygen atoms in total. The minimum atomic E-state index is -1.23. The van der Waals surface area contributed by atoms with Crippen molar-refractivity contribution in [3.8, 4) is 0 Å². The fraction of sp³-hybridized carbons (Fsp3) is 0.667. The molecule has 0 aliphatic heterocycles. The first kappa shape index (κ1) is 18.3. The van der Waals surface area contributed by atoms with Gasteiger partial charge in [0, 0.05) is 11.9 Å². The van der Waals surface area contributed by atoms with Crippen molar-refractivity contribution < 1.29 is 64.6 Å². The van der Waals surface area contributed by atoms with E-state index in [4.69, 9.17) is 0 Å². The van der Waals surface area contributed by atoms with E-state index in [9.17, 15) is 19.8 Å². The van der Waals surface area contributed by atoms with E-state index in [1.807, 2.05) is 0 Å². The van der Waals surface area contributed by atoms with E-state index in [0.717, 1.165) is 0 Å². The number of hydrogen-bond donors (Lipinski definition) is 0. The zero-order valence-corrected chi connectivity index (χ0v) is 9.19. The molecule has 0 saturated carbocycles. The fourth-order valence-corrected chi connectivity index (χ4v) is 0.641. The molecule has 12 heavy (non-hydrogen) atoms. The number of hydrogen-bond acceptors (Lipinski definition) is 4. The minimum absolute atomic E-state index is 0. The van der Waals surface area contributed by atoms with Crippen LogP contribution in [0.4, 0.5) is 0 Å². The molecule has 0 rings (SSSR count). The van der Waals surface area contributed by atoms with Gasteiger partial charge in [0.15, 0.2) is 0 Å². The Bertz CT molecular complexity index is 132. The molecule has 0 spiro atoms. The molecule has 0 aliphatic rings. The van der Waals surface area contributed by atoms with Crippen molar-refractivity contribution in [1.29, 1.82) is 0 Å². The Morgan fingerprint density at radius 2 is 1.33 bits per heavy atom. The Morgan fingerprint density at radius 3 is 1.50 bits per heavy atom. The molecule has 0 atom stereocenters. The molecule has 0 amide bonds. The average molecular weight is 360 g/mol. The second-order valence-electron chi connectivity index (χ2n) is 2.26. The summed E-state index contributed by atoms with van der Waals surface area (Å²) in [6.45, 7) is 1.52. The van der Waals surface area contributed by atoms with E-state index in [1.165, 1.54) is 6.92 Å². The van der Waals surface area contributed by atoms with Gasteiger partial charge in [0.1, 0.15) is 0 Å². The molecule has 0 heterocycles. The van der Waals surface area contributed by atoms with E-state index in [1.54, 1.807) is 0 Å². The normalized spacial score (nSPS) is 8.17. The molecule has 0 radical (unpaired) electrons. The topological polar surface area (TPSA) is 80.3 Å². The summed E-state index contributed by atoms with van der Waals surface area (Å²) in [4.78, 5) is 19.7. The monoisotopic (exact) mass is 358 g/mol. The third-order valence-corrected chi connectivity index (χ3v) is 1.03. The second kappa shape index (κ2) is 9.51.